The van der Waals surface area contributed by atoms with Crippen molar-refractivity contribution in [2.45, 2.75) is 84.0 Å². The van der Waals surface area contributed by atoms with E-state index in [9.17, 15) is 24.2 Å². The van der Waals surface area contributed by atoms with Crippen LogP contribution in [0.2, 0.25) is 0 Å². The molecule has 14 heteroatoms. The summed E-state index contributed by atoms with van der Waals surface area (Å²) in [6, 6.07) is 10.8. The average Bonchev–Trinajstić information content (AvgIpc) is 3.11. The largest absolute Gasteiger partial charge is 0.493 e. The van der Waals surface area contributed by atoms with Crippen molar-refractivity contribution in [2.75, 3.05) is 27.4 Å². The summed E-state index contributed by atoms with van der Waals surface area (Å²) >= 11 is 0. The fraction of sp³-hybridized carbons (Fsp3) is 0.425. The summed E-state index contributed by atoms with van der Waals surface area (Å²) in [7, 11) is 2.99. The zero-order chi connectivity index (χ0) is 39.8. The molecule has 2 aromatic carbocycles. The highest BCUT2D eigenvalue weighted by Crippen LogP contribution is 2.38. The van der Waals surface area contributed by atoms with Crippen LogP contribution in [-0.4, -0.2) is 82.6 Å². The van der Waals surface area contributed by atoms with E-state index in [0.717, 1.165) is 33.6 Å². The molecule has 0 aliphatic rings. The minimum absolute atomic E-state index is 0.00507. The number of ether oxygens (including phenoxy) is 4. The SMILES string of the molecule is COCc1c(C(C)C)nc(C(C)C)c(/C=C/[C@@H](O)C[C@@H](O)CC(=O)Oc2ccc(/C=C/C(=O)OCCCCON(O)O)cc2OC)c1-c1ccc(F)cc1. The van der Waals surface area contributed by atoms with Gasteiger partial charge in [-0.15, -0.1) is 0 Å². The number of pyridine rings is 1. The van der Waals surface area contributed by atoms with Gasteiger partial charge in [0.05, 0.1) is 56.6 Å². The van der Waals surface area contributed by atoms with E-state index in [-0.39, 0.29) is 60.8 Å². The van der Waals surface area contributed by atoms with E-state index in [0.29, 0.717) is 18.4 Å². The van der Waals surface area contributed by atoms with Crippen LogP contribution in [0.25, 0.3) is 23.3 Å². The van der Waals surface area contributed by atoms with Crippen LogP contribution in [0.3, 0.4) is 0 Å². The van der Waals surface area contributed by atoms with Crippen LogP contribution in [0.15, 0.2) is 54.6 Å². The predicted molar refractivity (Wildman–Crippen MR) is 198 cm³/mol. The quantitative estimate of drug-likeness (QED) is 0.0295. The molecule has 294 valence electrons. The molecule has 0 aliphatic carbocycles. The number of methoxy groups -OCH3 is 2. The molecule has 0 amide bonds. The standard InChI is InChI=1S/C40H51FN2O11/c1-25(2)39-32(38(28-11-13-29(41)14-12-28)33(24-50-5)40(42-39)26(3)4)16-15-30(44)22-31(45)23-37(47)54-34-17-9-27(21-35(34)51-6)10-18-36(46)52-19-7-8-20-53-43(48)49/h9-18,21,25-26,30-31,44-45,48-49H,7-8,19-20,22-24H2,1-6H3/b16-15+,18-10+/t30-,31-/m1/s1. The van der Waals surface area contributed by atoms with E-state index in [2.05, 4.69) is 4.84 Å². The lowest BCUT2D eigenvalue weighted by Gasteiger charge is -2.23. The predicted octanol–water partition coefficient (Wildman–Crippen LogP) is 6.76. The van der Waals surface area contributed by atoms with E-state index in [1.54, 1.807) is 43.5 Å². The molecule has 1 heterocycles. The van der Waals surface area contributed by atoms with Crippen molar-refractivity contribution in [3.05, 3.63) is 88.5 Å². The molecular weight excluding hydrogens is 703 g/mol. The number of hydrogen-bond donors (Lipinski definition) is 4. The molecule has 3 rings (SSSR count). The molecule has 4 N–H and O–H groups in total. The maximum absolute atomic E-state index is 14.0. The first kappa shape index (κ1) is 43.9. The third-order valence-electron chi connectivity index (χ3n) is 8.13. The Hall–Kier alpha value is -4.54. The topological polar surface area (TPSA) is 177 Å². The molecule has 0 fully saturated rings. The van der Waals surface area contributed by atoms with Gasteiger partial charge in [-0.2, -0.15) is 0 Å². The highest BCUT2D eigenvalue weighted by molar-refractivity contribution is 5.87. The molecule has 0 saturated heterocycles. The number of aromatic nitrogens is 1. The second-order valence-corrected chi connectivity index (χ2v) is 13.1. The number of unbranched alkanes of at least 4 members (excludes halogenated alkanes) is 1. The molecule has 0 radical (unpaired) electrons. The first-order chi connectivity index (χ1) is 25.7. The summed E-state index contributed by atoms with van der Waals surface area (Å²) in [5.41, 5.74) is 5.41. The number of hydrogen-bond acceptors (Lipinski definition) is 13. The van der Waals surface area contributed by atoms with Crippen LogP contribution in [0.4, 0.5) is 4.39 Å². The van der Waals surface area contributed by atoms with Gasteiger partial charge in [-0.1, -0.05) is 58.0 Å². The molecule has 0 spiro atoms. The van der Waals surface area contributed by atoms with E-state index in [1.807, 2.05) is 27.7 Å². The van der Waals surface area contributed by atoms with Crippen LogP contribution < -0.4 is 9.47 Å². The summed E-state index contributed by atoms with van der Waals surface area (Å²) in [5.74, 6) is -1.32. The maximum atomic E-state index is 14.0. The van der Waals surface area contributed by atoms with Gasteiger partial charge in [0.25, 0.3) is 0 Å². The van der Waals surface area contributed by atoms with Gasteiger partial charge in [0.2, 0.25) is 0 Å². The van der Waals surface area contributed by atoms with Crippen molar-refractivity contribution in [1.29, 1.82) is 0 Å². The van der Waals surface area contributed by atoms with E-state index in [1.165, 1.54) is 37.5 Å². The number of aliphatic hydroxyl groups excluding tert-OH is 2. The molecule has 2 atom stereocenters. The monoisotopic (exact) mass is 754 g/mol. The van der Waals surface area contributed by atoms with E-state index < -0.39 is 30.6 Å². The molecule has 13 nitrogen and oxygen atoms in total. The van der Waals surface area contributed by atoms with Crippen LogP contribution in [0, 0.1) is 5.82 Å². The number of benzene rings is 2. The Morgan fingerprint density at radius 1 is 0.907 bits per heavy atom. The van der Waals surface area contributed by atoms with Gasteiger partial charge in [0.15, 0.2) is 11.5 Å². The number of aliphatic hydroxyl groups is 2. The fourth-order valence-electron chi connectivity index (χ4n) is 5.61. The lowest BCUT2D eigenvalue weighted by atomic mass is 9.87. The van der Waals surface area contributed by atoms with Crippen molar-refractivity contribution < 1.29 is 58.4 Å². The Morgan fingerprint density at radius 2 is 1.59 bits per heavy atom. The number of nitrogens with zero attached hydrogens (tertiary/aromatic N) is 2. The summed E-state index contributed by atoms with van der Waals surface area (Å²) in [6.45, 7) is 8.56. The van der Waals surface area contributed by atoms with Gasteiger partial charge in [0, 0.05) is 36.4 Å². The number of rotatable bonds is 21. The lowest BCUT2D eigenvalue weighted by molar-refractivity contribution is -0.492. The van der Waals surface area contributed by atoms with E-state index in [4.69, 9.17) is 34.3 Å². The van der Waals surface area contributed by atoms with Crippen LogP contribution >= 0.6 is 0 Å². The molecule has 3 aromatic rings. The summed E-state index contributed by atoms with van der Waals surface area (Å²) < 4.78 is 35.4. The van der Waals surface area contributed by atoms with Crippen LogP contribution in [-0.2, 0) is 30.5 Å². The first-order valence-corrected chi connectivity index (χ1v) is 17.6. The minimum Gasteiger partial charge on any atom is -0.493 e. The van der Waals surface area contributed by atoms with Crippen molar-refractivity contribution >= 4 is 24.1 Å². The van der Waals surface area contributed by atoms with E-state index >= 15 is 0 Å². The molecule has 0 unspecified atom stereocenters. The Morgan fingerprint density at radius 3 is 2.22 bits per heavy atom. The van der Waals surface area contributed by atoms with Gasteiger partial charge < -0.3 is 29.2 Å². The van der Waals surface area contributed by atoms with Gasteiger partial charge in [0.1, 0.15) is 5.82 Å². The maximum Gasteiger partial charge on any atom is 0.330 e. The average molecular weight is 755 g/mol. The third-order valence-corrected chi connectivity index (χ3v) is 8.13. The number of esters is 2. The normalized spacial score (nSPS) is 13.0. The Bertz CT molecular complexity index is 1730. The molecule has 0 saturated carbocycles. The summed E-state index contributed by atoms with van der Waals surface area (Å²) in [6.07, 6.45) is 3.94. The fourth-order valence-corrected chi connectivity index (χ4v) is 5.61. The molecule has 0 aliphatic heterocycles. The minimum atomic E-state index is -1.24. The highest BCUT2D eigenvalue weighted by Gasteiger charge is 2.24. The molecule has 1 aromatic heterocycles. The number of carbonyl (C=O) groups is 2. The first-order valence-electron chi connectivity index (χ1n) is 17.6. The third kappa shape index (κ3) is 13.7. The number of carbonyl (C=O) groups excluding carboxylic acids is 2. The molecular formula is C40H51FN2O11. The lowest BCUT2D eigenvalue weighted by Crippen LogP contribution is -2.22. The van der Waals surface area contributed by atoms with Crippen LogP contribution in [0.1, 0.15) is 93.3 Å². The highest BCUT2D eigenvalue weighted by atomic mass is 19.1. The number of halogens is 1. The zero-order valence-electron chi connectivity index (χ0n) is 31.5. The van der Waals surface area contributed by atoms with Gasteiger partial charge in [-0.25, -0.2) is 9.18 Å². The van der Waals surface area contributed by atoms with Gasteiger partial charge in [-0.3, -0.25) is 25.0 Å². The molecule has 54 heavy (non-hydrogen) atoms. The van der Waals surface area contributed by atoms with Gasteiger partial charge >= 0.3 is 11.9 Å². The van der Waals surface area contributed by atoms with Crippen molar-refractivity contribution in [3.63, 3.8) is 0 Å². The Kier molecular flexibility index (Phi) is 17.9. The Balaban J connectivity index is 1.68. The second kappa shape index (κ2) is 22.0. The smallest absolute Gasteiger partial charge is 0.330 e. The van der Waals surface area contributed by atoms with Crippen molar-refractivity contribution in [1.82, 2.24) is 10.4 Å². The summed E-state index contributed by atoms with van der Waals surface area (Å²) in [5, 5.41) is 38.3. The van der Waals surface area contributed by atoms with Crippen molar-refractivity contribution in [3.8, 4) is 22.6 Å². The van der Waals surface area contributed by atoms with Crippen molar-refractivity contribution in [2.24, 2.45) is 0 Å². The molecule has 0 bridgehead atoms. The Labute approximate surface area is 315 Å². The van der Waals surface area contributed by atoms with Crippen LogP contribution in [0.5, 0.6) is 11.5 Å². The zero-order valence-corrected chi connectivity index (χ0v) is 31.5. The van der Waals surface area contributed by atoms with Gasteiger partial charge in [-0.05, 0) is 71.7 Å². The second-order valence-electron chi connectivity index (χ2n) is 13.1. The summed E-state index contributed by atoms with van der Waals surface area (Å²) in [4.78, 5) is 34.3.